The minimum Gasteiger partial charge on any atom is -0.506 e. The number of nitro benzene ring substituents is 1. The van der Waals surface area contributed by atoms with E-state index >= 15 is 0 Å². The average molecular weight is 262 g/mol. The zero-order valence-corrected chi connectivity index (χ0v) is 9.90. The SMILES string of the molecule is Cn1cncc1C(=O)Nc1ccc([N+](=O)[O-])cc1O. The molecule has 0 aliphatic heterocycles. The van der Waals surface area contributed by atoms with E-state index in [-0.39, 0.29) is 17.1 Å². The largest absolute Gasteiger partial charge is 0.506 e. The molecule has 0 bridgehead atoms. The normalized spacial score (nSPS) is 10.2. The summed E-state index contributed by atoms with van der Waals surface area (Å²) < 4.78 is 1.51. The van der Waals surface area contributed by atoms with E-state index in [0.29, 0.717) is 5.69 Å². The number of non-ortho nitro benzene ring substituents is 1. The maximum absolute atomic E-state index is 11.9. The molecule has 1 heterocycles. The van der Waals surface area contributed by atoms with Crippen LogP contribution in [0.3, 0.4) is 0 Å². The lowest BCUT2D eigenvalue weighted by atomic mass is 10.2. The van der Waals surface area contributed by atoms with E-state index in [1.807, 2.05) is 0 Å². The van der Waals surface area contributed by atoms with E-state index in [0.717, 1.165) is 6.07 Å². The number of nitrogens with one attached hydrogen (secondary N) is 1. The summed E-state index contributed by atoms with van der Waals surface area (Å²) >= 11 is 0. The van der Waals surface area contributed by atoms with Gasteiger partial charge in [-0.25, -0.2) is 4.98 Å². The Morgan fingerprint density at radius 2 is 2.26 bits per heavy atom. The molecule has 0 saturated carbocycles. The van der Waals surface area contributed by atoms with Gasteiger partial charge in [0.25, 0.3) is 11.6 Å². The molecule has 1 aromatic heterocycles. The van der Waals surface area contributed by atoms with E-state index < -0.39 is 10.8 Å². The molecule has 0 radical (unpaired) electrons. The number of carbonyl (C=O) groups is 1. The highest BCUT2D eigenvalue weighted by molar-refractivity contribution is 6.03. The quantitative estimate of drug-likeness (QED) is 0.492. The molecule has 2 N–H and O–H groups in total. The van der Waals surface area contributed by atoms with Gasteiger partial charge in [0.15, 0.2) is 0 Å². The van der Waals surface area contributed by atoms with Crippen LogP contribution in [0.5, 0.6) is 5.75 Å². The van der Waals surface area contributed by atoms with E-state index in [1.165, 1.54) is 29.2 Å². The Morgan fingerprint density at radius 1 is 1.53 bits per heavy atom. The van der Waals surface area contributed by atoms with E-state index in [4.69, 9.17) is 0 Å². The summed E-state index contributed by atoms with van der Waals surface area (Å²) in [6.07, 6.45) is 2.84. The van der Waals surface area contributed by atoms with Crippen LogP contribution in [0.1, 0.15) is 10.5 Å². The molecular formula is C11H10N4O4. The number of aromatic nitrogens is 2. The molecule has 0 aliphatic rings. The van der Waals surface area contributed by atoms with Crippen molar-refractivity contribution in [1.82, 2.24) is 9.55 Å². The zero-order chi connectivity index (χ0) is 14.0. The highest BCUT2D eigenvalue weighted by Gasteiger charge is 2.14. The maximum Gasteiger partial charge on any atom is 0.274 e. The number of aryl methyl sites for hydroxylation is 1. The molecule has 0 spiro atoms. The highest BCUT2D eigenvalue weighted by atomic mass is 16.6. The first-order chi connectivity index (χ1) is 8.99. The van der Waals surface area contributed by atoms with Crippen molar-refractivity contribution in [1.29, 1.82) is 0 Å². The number of carbonyl (C=O) groups excluding carboxylic acids is 1. The molecule has 2 rings (SSSR count). The standard InChI is InChI=1S/C11H10N4O4/c1-14-6-12-5-9(14)11(17)13-8-3-2-7(15(18)19)4-10(8)16/h2-6,16H,1H3,(H,13,17). The van der Waals surface area contributed by atoms with Gasteiger partial charge in [-0.2, -0.15) is 0 Å². The smallest absolute Gasteiger partial charge is 0.274 e. The molecule has 1 amide bonds. The fourth-order valence-corrected chi connectivity index (χ4v) is 1.50. The Balaban J connectivity index is 2.23. The van der Waals surface area contributed by atoms with E-state index in [2.05, 4.69) is 10.3 Å². The Bertz CT molecular complexity index is 650. The number of hydrogen-bond donors (Lipinski definition) is 2. The Labute approximate surface area is 107 Å². The average Bonchev–Trinajstić information content (AvgIpc) is 2.77. The molecule has 2 aromatic rings. The van der Waals surface area contributed by atoms with Crippen LogP contribution in [-0.4, -0.2) is 25.5 Å². The second kappa shape index (κ2) is 4.77. The fraction of sp³-hybridized carbons (Fsp3) is 0.0909. The van der Waals surface area contributed by atoms with Crippen LogP contribution in [0.15, 0.2) is 30.7 Å². The second-order valence-corrected chi connectivity index (χ2v) is 3.80. The van der Waals surface area contributed by atoms with Crippen molar-refractivity contribution in [3.8, 4) is 5.75 Å². The predicted octanol–water partition coefficient (Wildman–Crippen LogP) is 1.29. The first-order valence-electron chi connectivity index (χ1n) is 5.24. The first kappa shape index (κ1) is 12.6. The number of phenolic OH excluding ortho intramolecular Hbond substituents is 1. The molecular weight excluding hydrogens is 252 g/mol. The number of hydrogen-bond acceptors (Lipinski definition) is 5. The molecule has 1 aromatic carbocycles. The minimum absolute atomic E-state index is 0.0943. The second-order valence-electron chi connectivity index (χ2n) is 3.80. The molecule has 8 nitrogen and oxygen atoms in total. The Morgan fingerprint density at radius 3 is 2.79 bits per heavy atom. The molecule has 8 heteroatoms. The number of nitrogens with zero attached hydrogens (tertiary/aromatic N) is 3. The summed E-state index contributed by atoms with van der Waals surface area (Å²) in [6.45, 7) is 0. The number of nitro groups is 1. The van der Waals surface area contributed by atoms with Gasteiger partial charge in [-0.15, -0.1) is 0 Å². The van der Waals surface area contributed by atoms with Crippen LogP contribution in [0, 0.1) is 10.1 Å². The highest BCUT2D eigenvalue weighted by Crippen LogP contribution is 2.28. The van der Waals surface area contributed by atoms with Gasteiger partial charge < -0.3 is 15.0 Å². The minimum atomic E-state index is -0.633. The predicted molar refractivity (Wildman–Crippen MR) is 65.9 cm³/mol. The molecule has 0 fully saturated rings. The van der Waals surface area contributed by atoms with Gasteiger partial charge in [0, 0.05) is 13.1 Å². The van der Waals surface area contributed by atoms with E-state index in [9.17, 15) is 20.0 Å². The third-order valence-electron chi connectivity index (χ3n) is 2.49. The van der Waals surface area contributed by atoms with Crippen LogP contribution in [0.2, 0.25) is 0 Å². The maximum atomic E-state index is 11.9. The lowest BCUT2D eigenvalue weighted by Crippen LogP contribution is -2.15. The van der Waals surface area contributed by atoms with Crippen molar-refractivity contribution in [2.75, 3.05) is 5.32 Å². The summed E-state index contributed by atoms with van der Waals surface area (Å²) in [5, 5.41) is 22.6. The van der Waals surface area contributed by atoms with Gasteiger partial charge >= 0.3 is 0 Å². The summed E-state index contributed by atoms with van der Waals surface area (Å²) in [5.41, 5.74) is 0.144. The van der Waals surface area contributed by atoms with Crippen LogP contribution in [0.25, 0.3) is 0 Å². The topological polar surface area (TPSA) is 110 Å². The third kappa shape index (κ3) is 2.51. The van der Waals surface area contributed by atoms with Crippen molar-refractivity contribution >= 4 is 17.3 Å². The number of phenols is 1. The molecule has 19 heavy (non-hydrogen) atoms. The van der Waals surface area contributed by atoms with Crippen LogP contribution >= 0.6 is 0 Å². The Kier molecular flexibility index (Phi) is 3.15. The third-order valence-corrected chi connectivity index (χ3v) is 2.49. The van der Waals surface area contributed by atoms with Crippen LogP contribution < -0.4 is 5.32 Å². The van der Waals surface area contributed by atoms with Crippen LogP contribution in [-0.2, 0) is 7.05 Å². The number of anilines is 1. The van der Waals surface area contributed by atoms with Crippen molar-refractivity contribution in [3.63, 3.8) is 0 Å². The van der Waals surface area contributed by atoms with Gasteiger partial charge in [-0.05, 0) is 6.07 Å². The zero-order valence-electron chi connectivity index (χ0n) is 9.90. The van der Waals surface area contributed by atoms with Crippen molar-refractivity contribution < 1.29 is 14.8 Å². The first-order valence-corrected chi connectivity index (χ1v) is 5.24. The molecule has 0 aliphatic carbocycles. The van der Waals surface area contributed by atoms with Gasteiger partial charge in [-0.3, -0.25) is 14.9 Å². The lowest BCUT2D eigenvalue weighted by molar-refractivity contribution is -0.384. The number of rotatable bonds is 3. The van der Waals surface area contributed by atoms with Crippen molar-refractivity contribution in [2.24, 2.45) is 7.05 Å². The summed E-state index contributed by atoms with van der Waals surface area (Å²) in [4.78, 5) is 25.5. The summed E-state index contributed by atoms with van der Waals surface area (Å²) in [6, 6.07) is 3.43. The molecule has 98 valence electrons. The number of imidazole rings is 1. The molecule has 0 saturated heterocycles. The molecule has 0 atom stereocenters. The van der Waals surface area contributed by atoms with Crippen molar-refractivity contribution in [2.45, 2.75) is 0 Å². The number of aromatic hydroxyl groups is 1. The van der Waals surface area contributed by atoms with Gasteiger partial charge in [0.05, 0.1) is 29.2 Å². The number of benzene rings is 1. The van der Waals surface area contributed by atoms with Crippen LogP contribution in [0.4, 0.5) is 11.4 Å². The Hall–Kier alpha value is -2.90. The van der Waals surface area contributed by atoms with Gasteiger partial charge in [0.2, 0.25) is 0 Å². The van der Waals surface area contributed by atoms with Crippen molar-refractivity contribution in [3.05, 3.63) is 46.5 Å². The van der Waals surface area contributed by atoms with Gasteiger partial charge in [-0.1, -0.05) is 0 Å². The molecule has 0 unspecified atom stereocenters. The lowest BCUT2D eigenvalue weighted by Gasteiger charge is -2.07. The number of amides is 1. The monoisotopic (exact) mass is 262 g/mol. The van der Waals surface area contributed by atoms with Gasteiger partial charge in [0.1, 0.15) is 11.4 Å². The van der Waals surface area contributed by atoms with E-state index in [1.54, 1.807) is 7.05 Å². The summed E-state index contributed by atoms with van der Waals surface area (Å²) in [5.74, 6) is -0.839. The summed E-state index contributed by atoms with van der Waals surface area (Å²) in [7, 11) is 1.65. The fourth-order valence-electron chi connectivity index (χ4n) is 1.50.